The van der Waals surface area contributed by atoms with Crippen LogP contribution in [0.15, 0.2) is 17.1 Å². The summed E-state index contributed by atoms with van der Waals surface area (Å²) < 4.78 is 38.5. The summed E-state index contributed by atoms with van der Waals surface area (Å²) in [6.07, 6.45) is 16.6. The SMILES string of the molecule is CCCCCCCCCCCCCCCCCC(C)OP(=O)(O)O[C@@H]1S[C@@H](n2ccc(N)nc2=O)[C@@H](F)[C@@H]1O. The lowest BCUT2D eigenvalue weighted by atomic mass is 10.0. The molecule has 12 heteroatoms. The fourth-order valence-corrected chi connectivity index (χ4v) is 7.49. The summed E-state index contributed by atoms with van der Waals surface area (Å²) in [6.45, 7) is 3.94. The quantitative estimate of drug-likeness (QED) is 0.103. The highest BCUT2D eigenvalue weighted by atomic mass is 32.2. The molecular formula is C27H49FN3O6PS. The van der Waals surface area contributed by atoms with Crippen molar-refractivity contribution < 1.29 is 28.0 Å². The molecule has 1 aliphatic heterocycles. The highest BCUT2D eigenvalue weighted by Gasteiger charge is 2.49. The van der Waals surface area contributed by atoms with Gasteiger partial charge in [-0.25, -0.2) is 13.8 Å². The van der Waals surface area contributed by atoms with E-state index in [0.29, 0.717) is 18.2 Å². The van der Waals surface area contributed by atoms with Gasteiger partial charge >= 0.3 is 13.5 Å². The number of alkyl halides is 1. The third kappa shape index (κ3) is 13.0. The lowest BCUT2D eigenvalue weighted by Crippen LogP contribution is -2.33. The number of hydrogen-bond donors (Lipinski definition) is 3. The standard InChI is InChI=1S/C27H49FN3O6PS/c1-3-4-5-6-7-8-9-10-11-12-13-14-15-16-17-18-21(2)36-38(34,35)37-26-24(32)23(28)25(39-26)31-20-19-22(29)30-27(31)33/h19-21,23-26,32H,3-18H2,1-2H3,(H,34,35)(H2,29,30,33)/t21?,23-,24-,25+,26+/m0/s1. The van der Waals surface area contributed by atoms with Crippen molar-refractivity contribution >= 4 is 25.4 Å². The number of phosphoric ester groups is 1. The van der Waals surface area contributed by atoms with Gasteiger partial charge in [0.15, 0.2) is 6.17 Å². The zero-order chi connectivity index (χ0) is 28.7. The van der Waals surface area contributed by atoms with Crippen molar-refractivity contribution in [3.8, 4) is 0 Å². The van der Waals surface area contributed by atoms with Crippen LogP contribution in [0.25, 0.3) is 0 Å². The van der Waals surface area contributed by atoms with Gasteiger partial charge in [0.2, 0.25) is 0 Å². The summed E-state index contributed by atoms with van der Waals surface area (Å²) in [7, 11) is -4.56. The van der Waals surface area contributed by atoms with Gasteiger partial charge in [0, 0.05) is 6.20 Å². The normalized spacial score (nSPS) is 23.6. The molecule has 0 amide bonds. The lowest BCUT2D eigenvalue weighted by molar-refractivity contribution is 0.00847. The second-order valence-electron chi connectivity index (χ2n) is 10.6. The van der Waals surface area contributed by atoms with E-state index in [-0.39, 0.29) is 5.82 Å². The van der Waals surface area contributed by atoms with E-state index in [4.69, 9.17) is 14.8 Å². The number of halogens is 1. The van der Waals surface area contributed by atoms with E-state index in [1.54, 1.807) is 6.92 Å². The Bertz CT molecular complexity index is 926. The molecule has 2 unspecified atom stereocenters. The minimum Gasteiger partial charge on any atom is -0.386 e. The Kier molecular flexibility index (Phi) is 16.2. The van der Waals surface area contributed by atoms with Gasteiger partial charge in [-0.3, -0.25) is 13.6 Å². The van der Waals surface area contributed by atoms with Gasteiger partial charge in [-0.05, 0) is 19.4 Å². The number of anilines is 1. The second-order valence-corrected chi connectivity index (χ2v) is 13.2. The van der Waals surface area contributed by atoms with Gasteiger partial charge in [-0.1, -0.05) is 115 Å². The summed E-state index contributed by atoms with van der Waals surface area (Å²) in [5, 5.41) is 9.04. The minimum absolute atomic E-state index is 0.0145. The maximum absolute atomic E-state index is 14.7. The number of aliphatic hydroxyl groups is 1. The second kappa shape index (κ2) is 18.5. The summed E-state index contributed by atoms with van der Waals surface area (Å²) in [4.78, 5) is 25.8. The number of phosphoric acid groups is 1. The van der Waals surface area contributed by atoms with Gasteiger partial charge < -0.3 is 15.7 Å². The van der Waals surface area contributed by atoms with Crippen molar-refractivity contribution in [2.45, 2.75) is 146 Å². The van der Waals surface area contributed by atoms with Crippen LogP contribution in [0.2, 0.25) is 0 Å². The van der Waals surface area contributed by atoms with E-state index in [1.807, 2.05) is 0 Å². The van der Waals surface area contributed by atoms with Gasteiger partial charge in [-0.15, -0.1) is 0 Å². The molecule has 0 aliphatic carbocycles. The molecule has 0 aromatic carbocycles. The first-order valence-electron chi connectivity index (χ1n) is 14.7. The molecule has 1 saturated heterocycles. The highest BCUT2D eigenvalue weighted by Crippen LogP contribution is 2.53. The largest absolute Gasteiger partial charge is 0.473 e. The van der Waals surface area contributed by atoms with Crippen molar-refractivity contribution in [3.63, 3.8) is 0 Å². The van der Waals surface area contributed by atoms with Gasteiger partial charge in [-0.2, -0.15) is 4.98 Å². The van der Waals surface area contributed by atoms with Crippen LogP contribution in [0.3, 0.4) is 0 Å². The van der Waals surface area contributed by atoms with E-state index < -0.39 is 42.7 Å². The number of nitrogen functional groups attached to an aromatic ring is 1. The molecule has 0 radical (unpaired) electrons. The van der Waals surface area contributed by atoms with Crippen LogP contribution >= 0.6 is 19.6 Å². The van der Waals surface area contributed by atoms with Crippen LogP contribution in [-0.4, -0.2) is 43.4 Å². The van der Waals surface area contributed by atoms with Crippen LogP contribution in [0, 0.1) is 0 Å². The molecule has 2 heterocycles. The summed E-state index contributed by atoms with van der Waals surface area (Å²) in [5.41, 5.74) is 3.29. The van der Waals surface area contributed by atoms with E-state index in [9.17, 15) is 23.7 Å². The van der Waals surface area contributed by atoms with Crippen LogP contribution in [0.4, 0.5) is 10.2 Å². The Labute approximate surface area is 237 Å². The molecule has 0 spiro atoms. The fraction of sp³-hybridized carbons (Fsp3) is 0.852. The van der Waals surface area contributed by atoms with Crippen LogP contribution in [0.5, 0.6) is 0 Å². The number of unbranched alkanes of at least 4 members (excludes halogenated alkanes) is 14. The summed E-state index contributed by atoms with van der Waals surface area (Å²) >= 11 is 0.716. The Hall–Kier alpha value is -0.970. The molecule has 6 atom stereocenters. The Morgan fingerprint density at radius 1 is 1.05 bits per heavy atom. The van der Waals surface area contributed by atoms with E-state index in [2.05, 4.69) is 11.9 Å². The van der Waals surface area contributed by atoms with E-state index in [1.165, 1.54) is 89.3 Å². The van der Waals surface area contributed by atoms with Gasteiger partial charge in [0.25, 0.3) is 0 Å². The van der Waals surface area contributed by atoms with Crippen molar-refractivity contribution in [1.29, 1.82) is 0 Å². The summed E-state index contributed by atoms with van der Waals surface area (Å²) in [6, 6.07) is 1.33. The lowest BCUT2D eigenvalue weighted by Gasteiger charge is -2.21. The molecule has 1 aliphatic rings. The number of rotatable bonds is 21. The number of thioether (sulfide) groups is 1. The van der Waals surface area contributed by atoms with Crippen molar-refractivity contribution in [2.24, 2.45) is 0 Å². The van der Waals surface area contributed by atoms with Crippen LogP contribution < -0.4 is 11.4 Å². The number of nitrogens with two attached hydrogens (primary N) is 1. The van der Waals surface area contributed by atoms with Gasteiger partial charge in [0.1, 0.15) is 22.7 Å². The smallest absolute Gasteiger partial charge is 0.386 e. The fourth-order valence-electron chi connectivity index (χ4n) is 4.78. The Morgan fingerprint density at radius 2 is 1.56 bits per heavy atom. The average molecular weight is 594 g/mol. The maximum Gasteiger partial charge on any atom is 0.473 e. The molecular weight excluding hydrogens is 544 g/mol. The summed E-state index contributed by atoms with van der Waals surface area (Å²) in [5.74, 6) is -0.0145. The van der Waals surface area contributed by atoms with Crippen molar-refractivity contribution in [1.82, 2.24) is 9.55 Å². The molecule has 2 rings (SSSR count). The van der Waals surface area contributed by atoms with Gasteiger partial charge in [0.05, 0.1) is 6.10 Å². The number of hydrogen-bond acceptors (Lipinski definition) is 8. The molecule has 0 saturated carbocycles. The Balaban J connectivity index is 1.56. The minimum atomic E-state index is -4.56. The van der Waals surface area contributed by atoms with E-state index in [0.717, 1.165) is 23.8 Å². The van der Waals surface area contributed by atoms with Crippen molar-refractivity contribution in [3.05, 3.63) is 22.7 Å². The molecule has 1 aromatic rings. The third-order valence-electron chi connectivity index (χ3n) is 7.04. The first-order valence-corrected chi connectivity index (χ1v) is 17.1. The molecule has 1 fully saturated rings. The molecule has 39 heavy (non-hydrogen) atoms. The molecule has 226 valence electrons. The highest BCUT2D eigenvalue weighted by molar-refractivity contribution is 8.00. The predicted octanol–water partition coefficient (Wildman–Crippen LogP) is 6.88. The number of nitrogens with zero attached hydrogens (tertiary/aromatic N) is 2. The van der Waals surface area contributed by atoms with E-state index >= 15 is 0 Å². The molecule has 9 nitrogen and oxygen atoms in total. The average Bonchev–Trinajstić information content (AvgIpc) is 3.13. The topological polar surface area (TPSA) is 137 Å². The first-order chi connectivity index (χ1) is 18.6. The molecule has 4 N–H and O–H groups in total. The predicted molar refractivity (Wildman–Crippen MR) is 155 cm³/mol. The van der Waals surface area contributed by atoms with Crippen LogP contribution in [-0.2, 0) is 13.6 Å². The van der Waals surface area contributed by atoms with Crippen molar-refractivity contribution in [2.75, 3.05) is 5.73 Å². The zero-order valence-electron chi connectivity index (χ0n) is 23.6. The number of aromatic nitrogens is 2. The molecule has 1 aromatic heterocycles. The first kappa shape index (κ1) is 34.2. The maximum atomic E-state index is 14.7. The molecule has 0 bridgehead atoms. The van der Waals surface area contributed by atoms with Crippen LogP contribution in [0.1, 0.15) is 122 Å². The monoisotopic (exact) mass is 593 g/mol. The zero-order valence-corrected chi connectivity index (χ0v) is 25.3. The third-order valence-corrected chi connectivity index (χ3v) is 9.71. The Morgan fingerprint density at radius 3 is 2.08 bits per heavy atom. The number of aliphatic hydroxyl groups excluding tert-OH is 1.